The third kappa shape index (κ3) is 3.09. The molecule has 0 amide bonds. The molecule has 1 atom stereocenters. The third-order valence-electron chi connectivity index (χ3n) is 3.93. The summed E-state index contributed by atoms with van der Waals surface area (Å²) in [5.74, 6) is 2.34. The lowest BCUT2D eigenvalue weighted by Crippen LogP contribution is -2.11. The summed E-state index contributed by atoms with van der Waals surface area (Å²) in [5, 5.41) is 0. The van der Waals surface area contributed by atoms with E-state index in [1.165, 1.54) is 17.5 Å². The van der Waals surface area contributed by atoms with Gasteiger partial charge in [0.25, 0.3) is 0 Å². The first-order valence-corrected chi connectivity index (χ1v) is 6.90. The molecule has 0 radical (unpaired) electrons. The molecule has 0 fully saturated rings. The Bertz CT molecular complexity index is 465. The lowest BCUT2D eigenvalue weighted by atomic mass is 9.80. The number of hydrogen-bond donors (Lipinski definition) is 0. The largest absolute Gasteiger partial charge is 0.493 e. The monoisotopic (exact) mass is 262 g/mol. The van der Waals surface area contributed by atoms with E-state index in [0.717, 1.165) is 30.8 Å². The standard InChI is InChI=1S/C16H22O3/c1-11(17)7-8-12-5-4-6-13-9-15(18-2)16(19-3)10-14(12)13/h9-10,12H,4-8H2,1-3H3/t12-/m1/s1. The first kappa shape index (κ1) is 13.9. The zero-order valence-corrected chi connectivity index (χ0v) is 12.0. The fraction of sp³-hybridized carbons (Fsp3) is 0.562. The molecule has 1 aliphatic rings. The Labute approximate surface area is 114 Å². The SMILES string of the molecule is COc1cc2c(cc1OC)[C@@H](CCC(C)=O)CCC2. The van der Waals surface area contributed by atoms with Gasteiger partial charge >= 0.3 is 0 Å². The third-order valence-corrected chi connectivity index (χ3v) is 3.93. The molecule has 0 N–H and O–H groups in total. The van der Waals surface area contributed by atoms with Crippen molar-refractivity contribution < 1.29 is 14.3 Å². The molecule has 19 heavy (non-hydrogen) atoms. The van der Waals surface area contributed by atoms with Crippen molar-refractivity contribution in [3.8, 4) is 11.5 Å². The van der Waals surface area contributed by atoms with E-state index in [9.17, 15) is 4.79 Å². The Balaban J connectivity index is 2.29. The van der Waals surface area contributed by atoms with Gasteiger partial charge in [0.15, 0.2) is 11.5 Å². The number of ketones is 1. The van der Waals surface area contributed by atoms with Gasteiger partial charge in [0.1, 0.15) is 5.78 Å². The van der Waals surface area contributed by atoms with Gasteiger partial charge in [-0.3, -0.25) is 0 Å². The maximum atomic E-state index is 11.2. The molecule has 1 aromatic rings. The van der Waals surface area contributed by atoms with E-state index in [2.05, 4.69) is 12.1 Å². The van der Waals surface area contributed by atoms with Crippen LogP contribution < -0.4 is 9.47 Å². The molecule has 1 aromatic carbocycles. The van der Waals surface area contributed by atoms with Crippen molar-refractivity contribution in [1.82, 2.24) is 0 Å². The number of Topliss-reactive ketones (excluding diaryl/α,β-unsaturated/α-hetero) is 1. The van der Waals surface area contributed by atoms with Crippen molar-refractivity contribution >= 4 is 5.78 Å². The molecule has 0 saturated carbocycles. The quantitative estimate of drug-likeness (QED) is 0.814. The second-order valence-electron chi connectivity index (χ2n) is 5.24. The molecule has 0 aliphatic heterocycles. The van der Waals surface area contributed by atoms with Crippen LogP contribution in [-0.4, -0.2) is 20.0 Å². The minimum Gasteiger partial charge on any atom is -0.493 e. The number of methoxy groups -OCH3 is 2. The zero-order valence-electron chi connectivity index (χ0n) is 12.0. The Morgan fingerprint density at radius 2 is 1.95 bits per heavy atom. The first-order chi connectivity index (χ1) is 9.15. The van der Waals surface area contributed by atoms with Gasteiger partial charge in [-0.15, -0.1) is 0 Å². The maximum Gasteiger partial charge on any atom is 0.161 e. The first-order valence-electron chi connectivity index (χ1n) is 6.90. The highest BCUT2D eigenvalue weighted by Crippen LogP contribution is 2.40. The van der Waals surface area contributed by atoms with Crippen LogP contribution in [0.25, 0.3) is 0 Å². The van der Waals surface area contributed by atoms with Crippen LogP contribution >= 0.6 is 0 Å². The maximum absolute atomic E-state index is 11.2. The van der Waals surface area contributed by atoms with Crippen molar-refractivity contribution in [2.24, 2.45) is 0 Å². The Morgan fingerprint density at radius 3 is 2.58 bits per heavy atom. The molecule has 0 saturated heterocycles. The zero-order chi connectivity index (χ0) is 13.8. The van der Waals surface area contributed by atoms with Gasteiger partial charge in [-0.2, -0.15) is 0 Å². The van der Waals surface area contributed by atoms with Crippen LogP contribution in [0.2, 0.25) is 0 Å². The molecule has 0 bridgehead atoms. The van der Waals surface area contributed by atoms with Crippen molar-refractivity contribution in [1.29, 1.82) is 0 Å². The van der Waals surface area contributed by atoms with Gasteiger partial charge in [0.05, 0.1) is 14.2 Å². The average molecular weight is 262 g/mol. The molecule has 0 aromatic heterocycles. The van der Waals surface area contributed by atoms with Crippen LogP contribution in [0.15, 0.2) is 12.1 Å². The van der Waals surface area contributed by atoms with Gasteiger partial charge < -0.3 is 14.3 Å². The number of ether oxygens (including phenoxy) is 2. The van der Waals surface area contributed by atoms with Gasteiger partial charge in [0.2, 0.25) is 0 Å². The number of hydrogen-bond acceptors (Lipinski definition) is 3. The van der Waals surface area contributed by atoms with E-state index in [-0.39, 0.29) is 5.78 Å². The molecular formula is C16H22O3. The normalized spacial score (nSPS) is 17.7. The summed E-state index contributed by atoms with van der Waals surface area (Å²) < 4.78 is 10.7. The van der Waals surface area contributed by atoms with Gasteiger partial charge in [-0.1, -0.05) is 0 Å². The number of carbonyl (C=O) groups is 1. The summed E-state index contributed by atoms with van der Waals surface area (Å²) in [7, 11) is 3.33. The number of rotatable bonds is 5. The van der Waals surface area contributed by atoms with E-state index in [0.29, 0.717) is 12.3 Å². The van der Waals surface area contributed by atoms with E-state index < -0.39 is 0 Å². The molecule has 104 valence electrons. The fourth-order valence-electron chi connectivity index (χ4n) is 2.91. The highest BCUT2D eigenvalue weighted by Gasteiger charge is 2.23. The van der Waals surface area contributed by atoms with Crippen LogP contribution in [0.4, 0.5) is 0 Å². The van der Waals surface area contributed by atoms with Crippen LogP contribution in [-0.2, 0) is 11.2 Å². The van der Waals surface area contributed by atoms with Crippen molar-refractivity contribution in [2.75, 3.05) is 14.2 Å². The predicted molar refractivity (Wildman–Crippen MR) is 75.1 cm³/mol. The van der Waals surface area contributed by atoms with E-state index in [4.69, 9.17) is 9.47 Å². The van der Waals surface area contributed by atoms with Crippen LogP contribution in [0.1, 0.15) is 49.7 Å². The fourth-order valence-corrected chi connectivity index (χ4v) is 2.91. The molecule has 2 rings (SSSR count). The average Bonchev–Trinajstić information content (AvgIpc) is 2.43. The van der Waals surface area contributed by atoms with E-state index in [1.54, 1.807) is 21.1 Å². The minimum absolute atomic E-state index is 0.271. The number of carbonyl (C=O) groups excluding carboxylic acids is 1. The number of benzene rings is 1. The molecule has 1 aliphatic carbocycles. The predicted octanol–water partition coefficient (Wildman–Crippen LogP) is 3.49. The van der Waals surface area contributed by atoms with Crippen molar-refractivity contribution in [3.05, 3.63) is 23.3 Å². The summed E-state index contributed by atoms with van der Waals surface area (Å²) >= 11 is 0. The van der Waals surface area contributed by atoms with Crippen molar-refractivity contribution in [2.45, 2.75) is 44.9 Å². The highest BCUT2D eigenvalue weighted by atomic mass is 16.5. The van der Waals surface area contributed by atoms with Crippen molar-refractivity contribution in [3.63, 3.8) is 0 Å². The van der Waals surface area contributed by atoms with Crippen LogP contribution in [0.3, 0.4) is 0 Å². The number of aryl methyl sites for hydroxylation is 1. The number of fused-ring (bicyclic) bond motifs is 1. The summed E-state index contributed by atoms with van der Waals surface area (Å²) in [6.45, 7) is 1.67. The molecule has 0 spiro atoms. The Hall–Kier alpha value is -1.51. The topological polar surface area (TPSA) is 35.5 Å². The molecule has 0 unspecified atom stereocenters. The van der Waals surface area contributed by atoms with Gasteiger partial charge in [-0.05, 0) is 61.8 Å². The Kier molecular flexibility index (Phi) is 4.46. The minimum atomic E-state index is 0.271. The molecule has 3 heteroatoms. The lowest BCUT2D eigenvalue weighted by molar-refractivity contribution is -0.117. The second kappa shape index (κ2) is 6.09. The Morgan fingerprint density at radius 1 is 1.26 bits per heavy atom. The van der Waals surface area contributed by atoms with Gasteiger partial charge in [-0.25, -0.2) is 0 Å². The summed E-state index contributed by atoms with van der Waals surface area (Å²) in [6.07, 6.45) is 5.04. The van der Waals surface area contributed by atoms with Gasteiger partial charge in [0, 0.05) is 6.42 Å². The molecule has 3 nitrogen and oxygen atoms in total. The smallest absolute Gasteiger partial charge is 0.161 e. The van der Waals surface area contributed by atoms with E-state index >= 15 is 0 Å². The van der Waals surface area contributed by atoms with Crippen LogP contribution in [0.5, 0.6) is 11.5 Å². The van der Waals surface area contributed by atoms with E-state index in [1.807, 2.05) is 0 Å². The summed E-state index contributed by atoms with van der Waals surface area (Å²) in [5.41, 5.74) is 2.68. The summed E-state index contributed by atoms with van der Waals surface area (Å²) in [6, 6.07) is 4.19. The molecule has 0 heterocycles. The highest BCUT2D eigenvalue weighted by molar-refractivity contribution is 5.75. The van der Waals surface area contributed by atoms with Crippen LogP contribution in [0, 0.1) is 0 Å². The molecular weight excluding hydrogens is 240 g/mol. The second-order valence-corrected chi connectivity index (χ2v) is 5.24. The lowest BCUT2D eigenvalue weighted by Gasteiger charge is -2.26. The summed E-state index contributed by atoms with van der Waals surface area (Å²) in [4.78, 5) is 11.2.